The molecule has 1 spiro atoms. The molecule has 2 aliphatic rings. The molecule has 1 saturated heterocycles. The minimum absolute atomic E-state index is 0.0137. The molecule has 158 valence electrons. The number of nitro benzene ring substituents is 1. The molecule has 2 atom stereocenters. The smallest absolute Gasteiger partial charge is 0.270 e. The Morgan fingerprint density at radius 2 is 2.07 bits per heavy atom. The molecule has 29 heavy (non-hydrogen) atoms. The van der Waals surface area contributed by atoms with E-state index >= 15 is 0 Å². The zero-order valence-corrected chi connectivity index (χ0v) is 17.2. The number of hydrogen-bond acceptors (Lipinski definition) is 5. The maximum atomic E-state index is 13.5. The van der Waals surface area contributed by atoms with Crippen molar-refractivity contribution in [1.29, 1.82) is 0 Å². The molecule has 8 heteroatoms. The number of carbonyl (C=O) groups excluding carboxylic acids is 2. The molecule has 2 fully saturated rings. The van der Waals surface area contributed by atoms with E-state index in [1.807, 2.05) is 13.8 Å². The van der Waals surface area contributed by atoms with E-state index in [1.54, 1.807) is 11.0 Å². The van der Waals surface area contributed by atoms with Gasteiger partial charge in [-0.05, 0) is 51.0 Å². The SMILES string of the molecule is CC[C@@H](C)NC(=O)[C@@H]1COC2(CCC(C)CC2)N1C(=O)c1cccc([N+](=O)[O-])c1. The van der Waals surface area contributed by atoms with Crippen LogP contribution >= 0.6 is 0 Å². The fraction of sp³-hybridized carbons (Fsp3) is 0.619. The molecule has 2 amide bonds. The number of benzene rings is 1. The minimum atomic E-state index is -0.828. The van der Waals surface area contributed by atoms with Crippen molar-refractivity contribution in [3.63, 3.8) is 0 Å². The number of hydrogen-bond donors (Lipinski definition) is 1. The normalized spacial score (nSPS) is 27.6. The summed E-state index contributed by atoms with van der Waals surface area (Å²) in [6, 6.07) is 4.90. The maximum absolute atomic E-state index is 13.5. The first-order valence-corrected chi connectivity index (χ1v) is 10.3. The molecule has 1 aromatic rings. The van der Waals surface area contributed by atoms with Crippen LogP contribution in [0.4, 0.5) is 5.69 Å². The molecule has 1 aromatic carbocycles. The van der Waals surface area contributed by atoms with Crippen LogP contribution in [0.25, 0.3) is 0 Å². The van der Waals surface area contributed by atoms with Gasteiger partial charge in [0.2, 0.25) is 5.91 Å². The van der Waals surface area contributed by atoms with Crippen molar-refractivity contribution in [3.8, 4) is 0 Å². The van der Waals surface area contributed by atoms with Gasteiger partial charge in [0.05, 0.1) is 11.5 Å². The van der Waals surface area contributed by atoms with Gasteiger partial charge in [0.15, 0.2) is 0 Å². The first-order valence-electron chi connectivity index (χ1n) is 10.3. The lowest BCUT2D eigenvalue weighted by molar-refractivity contribution is -0.384. The number of nitrogens with zero attached hydrogens (tertiary/aromatic N) is 2. The van der Waals surface area contributed by atoms with Crippen molar-refractivity contribution in [2.75, 3.05) is 6.61 Å². The van der Waals surface area contributed by atoms with Crippen LogP contribution in [-0.2, 0) is 9.53 Å². The molecular formula is C21H29N3O5. The van der Waals surface area contributed by atoms with Gasteiger partial charge in [-0.25, -0.2) is 0 Å². The third kappa shape index (κ3) is 4.27. The summed E-state index contributed by atoms with van der Waals surface area (Å²) in [5, 5.41) is 14.1. The summed E-state index contributed by atoms with van der Waals surface area (Å²) in [6.45, 7) is 6.20. The zero-order chi connectivity index (χ0) is 21.2. The topological polar surface area (TPSA) is 102 Å². The van der Waals surface area contributed by atoms with Gasteiger partial charge < -0.3 is 10.1 Å². The van der Waals surface area contributed by atoms with E-state index < -0.39 is 22.6 Å². The lowest BCUT2D eigenvalue weighted by atomic mass is 9.83. The minimum Gasteiger partial charge on any atom is -0.353 e. The van der Waals surface area contributed by atoms with Crippen LogP contribution < -0.4 is 5.32 Å². The highest BCUT2D eigenvalue weighted by atomic mass is 16.6. The fourth-order valence-electron chi connectivity index (χ4n) is 4.11. The Balaban J connectivity index is 1.95. The van der Waals surface area contributed by atoms with Crippen LogP contribution in [0.3, 0.4) is 0 Å². The van der Waals surface area contributed by atoms with Gasteiger partial charge in [0, 0.05) is 23.7 Å². The largest absolute Gasteiger partial charge is 0.353 e. The highest BCUT2D eigenvalue weighted by molar-refractivity contribution is 5.99. The molecule has 1 saturated carbocycles. The molecule has 3 rings (SSSR count). The van der Waals surface area contributed by atoms with Crippen LogP contribution in [0.1, 0.15) is 63.2 Å². The van der Waals surface area contributed by atoms with Crippen molar-refractivity contribution >= 4 is 17.5 Å². The van der Waals surface area contributed by atoms with Gasteiger partial charge in [-0.2, -0.15) is 0 Å². The average molecular weight is 403 g/mol. The number of rotatable bonds is 5. The molecule has 8 nitrogen and oxygen atoms in total. The van der Waals surface area contributed by atoms with Crippen LogP contribution in [0.5, 0.6) is 0 Å². The molecule has 1 N–H and O–H groups in total. The quantitative estimate of drug-likeness (QED) is 0.601. The summed E-state index contributed by atoms with van der Waals surface area (Å²) in [4.78, 5) is 38.6. The van der Waals surface area contributed by atoms with E-state index in [0.29, 0.717) is 18.8 Å². The van der Waals surface area contributed by atoms with Crippen molar-refractivity contribution in [3.05, 3.63) is 39.9 Å². The average Bonchev–Trinajstić information content (AvgIpc) is 3.08. The van der Waals surface area contributed by atoms with Crippen LogP contribution in [0.15, 0.2) is 24.3 Å². The van der Waals surface area contributed by atoms with Crippen LogP contribution in [0.2, 0.25) is 0 Å². The van der Waals surface area contributed by atoms with Crippen molar-refractivity contribution < 1.29 is 19.2 Å². The van der Waals surface area contributed by atoms with Crippen molar-refractivity contribution in [2.24, 2.45) is 5.92 Å². The number of carbonyl (C=O) groups is 2. The zero-order valence-electron chi connectivity index (χ0n) is 17.2. The molecule has 1 aliphatic carbocycles. The number of non-ortho nitro benzene ring substituents is 1. The van der Waals surface area contributed by atoms with E-state index in [4.69, 9.17) is 4.74 Å². The van der Waals surface area contributed by atoms with E-state index in [1.165, 1.54) is 18.2 Å². The Kier molecular flexibility index (Phi) is 6.21. The van der Waals surface area contributed by atoms with E-state index in [9.17, 15) is 19.7 Å². The summed E-state index contributed by atoms with van der Waals surface area (Å²) >= 11 is 0. The molecule has 1 aliphatic heterocycles. The standard InChI is InChI=1S/C21H29N3O5/c1-4-15(3)22-19(25)18-13-29-21(10-8-14(2)9-11-21)23(18)20(26)16-6-5-7-17(12-16)24(27)28/h5-7,12,14-15,18H,4,8-11,13H2,1-3H3,(H,22,25)/t14?,15-,18+,21?/m1/s1. The first-order chi connectivity index (χ1) is 13.8. The number of amides is 2. The maximum Gasteiger partial charge on any atom is 0.270 e. The molecular weight excluding hydrogens is 374 g/mol. The lowest BCUT2D eigenvalue weighted by Gasteiger charge is -2.43. The second-order valence-electron chi connectivity index (χ2n) is 8.26. The second-order valence-corrected chi connectivity index (χ2v) is 8.26. The molecule has 0 aromatic heterocycles. The summed E-state index contributed by atoms with van der Waals surface area (Å²) in [7, 11) is 0. The van der Waals surface area contributed by atoms with E-state index in [0.717, 1.165) is 19.3 Å². The number of nitrogens with one attached hydrogen (secondary N) is 1. The van der Waals surface area contributed by atoms with Crippen molar-refractivity contribution in [1.82, 2.24) is 10.2 Å². The summed E-state index contributed by atoms with van der Waals surface area (Å²) in [5.74, 6) is -0.106. The Bertz CT molecular complexity index is 788. The predicted molar refractivity (Wildman–Crippen MR) is 107 cm³/mol. The van der Waals surface area contributed by atoms with Gasteiger partial charge in [0.1, 0.15) is 11.8 Å². The highest BCUT2D eigenvalue weighted by Gasteiger charge is 2.53. The fourth-order valence-corrected chi connectivity index (χ4v) is 4.11. The van der Waals surface area contributed by atoms with Crippen molar-refractivity contribution in [2.45, 2.75) is 70.7 Å². The Labute approximate surface area is 170 Å². The number of ether oxygens (including phenoxy) is 1. The third-order valence-electron chi connectivity index (χ3n) is 6.14. The Morgan fingerprint density at radius 1 is 1.38 bits per heavy atom. The Morgan fingerprint density at radius 3 is 2.69 bits per heavy atom. The summed E-state index contributed by atoms with van der Waals surface area (Å²) in [6.07, 6.45) is 3.89. The molecule has 0 radical (unpaired) electrons. The first kappa shape index (κ1) is 21.2. The molecule has 0 unspecified atom stereocenters. The summed E-state index contributed by atoms with van der Waals surface area (Å²) in [5.41, 5.74) is -0.780. The van der Waals surface area contributed by atoms with E-state index in [2.05, 4.69) is 12.2 Å². The molecule has 0 bridgehead atoms. The monoisotopic (exact) mass is 403 g/mol. The second kappa shape index (κ2) is 8.49. The molecule has 1 heterocycles. The van der Waals surface area contributed by atoms with Gasteiger partial charge in [0.25, 0.3) is 11.6 Å². The highest BCUT2D eigenvalue weighted by Crippen LogP contribution is 2.43. The van der Waals surface area contributed by atoms with E-state index in [-0.39, 0.29) is 29.8 Å². The lowest BCUT2D eigenvalue weighted by Crippen LogP contribution is -2.57. The Hall–Kier alpha value is -2.48. The van der Waals surface area contributed by atoms with Gasteiger partial charge >= 0.3 is 0 Å². The third-order valence-corrected chi connectivity index (χ3v) is 6.14. The predicted octanol–water partition coefficient (Wildman–Crippen LogP) is 3.26. The number of nitro groups is 1. The van der Waals surface area contributed by atoms with Gasteiger partial charge in [-0.1, -0.05) is 19.9 Å². The van der Waals surface area contributed by atoms with Gasteiger partial charge in [-0.3, -0.25) is 24.6 Å². The van der Waals surface area contributed by atoms with Crippen LogP contribution in [-0.4, -0.2) is 46.1 Å². The van der Waals surface area contributed by atoms with Crippen LogP contribution in [0, 0.1) is 16.0 Å². The van der Waals surface area contributed by atoms with Gasteiger partial charge in [-0.15, -0.1) is 0 Å². The summed E-state index contributed by atoms with van der Waals surface area (Å²) < 4.78 is 6.12.